The number of halogens is 1. The second kappa shape index (κ2) is 9.15. The Morgan fingerprint density at radius 2 is 1.71 bits per heavy atom. The lowest BCUT2D eigenvalue weighted by Gasteiger charge is -2.18. The summed E-state index contributed by atoms with van der Waals surface area (Å²) in [5.41, 5.74) is 1.24. The van der Waals surface area contributed by atoms with Crippen molar-refractivity contribution in [1.82, 2.24) is 4.72 Å². The van der Waals surface area contributed by atoms with Crippen LogP contribution in [0.1, 0.15) is 43.4 Å². The van der Waals surface area contributed by atoms with Gasteiger partial charge in [-0.2, -0.15) is 0 Å². The van der Waals surface area contributed by atoms with Crippen LogP contribution in [0.4, 0.5) is 10.1 Å². The summed E-state index contributed by atoms with van der Waals surface area (Å²) in [6, 6.07) is 11.4. The number of ether oxygens (including phenoxy) is 1. The Balaban J connectivity index is 1.68. The van der Waals surface area contributed by atoms with Gasteiger partial charge in [0.05, 0.1) is 24.3 Å². The van der Waals surface area contributed by atoms with Crippen molar-refractivity contribution in [3.63, 3.8) is 0 Å². The van der Waals surface area contributed by atoms with E-state index < -0.39 is 33.2 Å². The highest BCUT2D eigenvalue weighted by molar-refractivity contribution is 7.88. The summed E-state index contributed by atoms with van der Waals surface area (Å²) in [7, 11) is -3.60. The monoisotopic (exact) mass is 448 g/mol. The SMILES string of the molecule is CCOC(=O)C1(c2ccc(NC(=O)CC(NS(C)(=O)=O)c3ccc(F)cc3)cc2)CC1. The molecule has 31 heavy (non-hydrogen) atoms. The number of nitrogens with one attached hydrogen (secondary N) is 2. The van der Waals surface area contributed by atoms with E-state index in [4.69, 9.17) is 4.74 Å². The molecule has 0 spiro atoms. The lowest BCUT2D eigenvalue weighted by Crippen LogP contribution is -2.30. The Morgan fingerprint density at radius 1 is 1.10 bits per heavy atom. The maximum absolute atomic E-state index is 13.2. The maximum Gasteiger partial charge on any atom is 0.316 e. The van der Waals surface area contributed by atoms with Gasteiger partial charge in [-0.05, 0) is 55.2 Å². The normalized spacial score (nSPS) is 15.7. The van der Waals surface area contributed by atoms with Crippen molar-refractivity contribution in [1.29, 1.82) is 0 Å². The molecule has 9 heteroatoms. The molecule has 1 amide bonds. The maximum atomic E-state index is 13.2. The van der Waals surface area contributed by atoms with Crippen LogP contribution in [-0.4, -0.2) is 33.2 Å². The van der Waals surface area contributed by atoms with Crippen molar-refractivity contribution in [3.8, 4) is 0 Å². The van der Waals surface area contributed by atoms with E-state index in [1.807, 2.05) is 0 Å². The van der Waals surface area contributed by atoms with E-state index in [0.717, 1.165) is 24.7 Å². The average molecular weight is 449 g/mol. The molecule has 1 fully saturated rings. The Bertz CT molecular complexity index is 1050. The first-order valence-electron chi connectivity index (χ1n) is 9.93. The third-order valence-electron chi connectivity index (χ3n) is 5.16. The molecule has 2 aromatic rings. The van der Waals surface area contributed by atoms with Crippen molar-refractivity contribution < 1.29 is 27.1 Å². The molecule has 0 saturated heterocycles. The molecule has 1 atom stereocenters. The molecule has 1 saturated carbocycles. The molecule has 0 heterocycles. The molecular weight excluding hydrogens is 423 g/mol. The van der Waals surface area contributed by atoms with E-state index in [1.165, 1.54) is 24.3 Å². The Kier molecular flexibility index (Phi) is 6.76. The van der Waals surface area contributed by atoms with E-state index >= 15 is 0 Å². The highest BCUT2D eigenvalue weighted by Crippen LogP contribution is 2.49. The zero-order valence-electron chi connectivity index (χ0n) is 17.4. The van der Waals surface area contributed by atoms with Crippen molar-refractivity contribution in [2.45, 2.75) is 37.6 Å². The summed E-state index contributed by atoms with van der Waals surface area (Å²) < 4.78 is 44.2. The summed E-state index contributed by atoms with van der Waals surface area (Å²) in [5, 5.41) is 2.73. The Hall–Kier alpha value is -2.78. The fourth-order valence-electron chi connectivity index (χ4n) is 3.46. The summed E-state index contributed by atoms with van der Waals surface area (Å²) in [5.74, 6) is -1.10. The summed E-state index contributed by atoms with van der Waals surface area (Å²) in [4.78, 5) is 24.8. The minimum Gasteiger partial charge on any atom is -0.465 e. The van der Waals surface area contributed by atoms with Crippen LogP contribution in [0.3, 0.4) is 0 Å². The fraction of sp³-hybridized carbons (Fsp3) is 0.364. The highest BCUT2D eigenvalue weighted by Gasteiger charge is 2.52. The topological polar surface area (TPSA) is 102 Å². The number of carbonyl (C=O) groups is 2. The van der Waals surface area contributed by atoms with Gasteiger partial charge < -0.3 is 10.1 Å². The molecule has 1 unspecified atom stereocenters. The molecule has 2 aromatic carbocycles. The first-order valence-corrected chi connectivity index (χ1v) is 11.8. The van der Waals surface area contributed by atoms with Gasteiger partial charge in [-0.3, -0.25) is 9.59 Å². The van der Waals surface area contributed by atoms with Crippen molar-refractivity contribution in [2.24, 2.45) is 0 Å². The zero-order chi connectivity index (χ0) is 22.6. The molecule has 0 aliphatic heterocycles. The fourth-order valence-corrected chi connectivity index (χ4v) is 4.19. The zero-order valence-corrected chi connectivity index (χ0v) is 18.2. The van der Waals surface area contributed by atoms with Gasteiger partial charge in [0, 0.05) is 12.1 Å². The van der Waals surface area contributed by atoms with E-state index in [0.29, 0.717) is 17.9 Å². The predicted octanol–water partition coefficient (Wildman–Crippen LogP) is 3.04. The second-order valence-electron chi connectivity index (χ2n) is 7.63. The van der Waals surface area contributed by atoms with Crippen molar-refractivity contribution >= 4 is 27.6 Å². The summed E-state index contributed by atoms with van der Waals surface area (Å²) in [6.45, 7) is 2.09. The van der Waals surface area contributed by atoms with Crippen LogP contribution >= 0.6 is 0 Å². The Labute approximate surface area is 181 Å². The first-order chi connectivity index (χ1) is 14.6. The molecular formula is C22H25FN2O5S. The largest absolute Gasteiger partial charge is 0.465 e. The third-order valence-corrected chi connectivity index (χ3v) is 5.87. The predicted molar refractivity (Wildman–Crippen MR) is 114 cm³/mol. The third kappa shape index (κ3) is 5.89. The lowest BCUT2D eigenvalue weighted by atomic mass is 9.96. The van der Waals surface area contributed by atoms with Crippen LogP contribution < -0.4 is 10.0 Å². The molecule has 7 nitrogen and oxygen atoms in total. The number of benzene rings is 2. The van der Waals surface area contributed by atoms with Crippen LogP contribution in [0.25, 0.3) is 0 Å². The van der Waals surface area contributed by atoms with E-state index in [-0.39, 0.29) is 12.4 Å². The van der Waals surface area contributed by atoms with Crippen LogP contribution in [0.15, 0.2) is 48.5 Å². The number of rotatable bonds is 9. The number of carbonyl (C=O) groups excluding carboxylic acids is 2. The molecule has 3 rings (SSSR count). The molecule has 2 N–H and O–H groups in total. The van der Waals surface area contributed by atoms with E-state index in [2.05, 4.69) is 10.0 Å². The molecule has 166 valence electrons. The summed E-state index contributed by atoms with van der Waals surface area (Å²) in [6.07, 6.45) is 2.28. The minimum absolute atomic E-state index is 0.173. The summed E-state index contributed by atoms with van der Waals surface area (Å²) >= 11 is 0. The average Bonchev–Trinajstić information content (AvgIpc) is 3.50. The number of amides is 1. The lowest BCUT2D eigenvalue weighted by molar-refractivity contribution is -0.146. The quantitative estimate of drug-likeness (QED) is 0.574. The van der Waals surface area contributed by atoms with E-state index in [9.17, 15) is 22.4 Å². The molecule has 1 aliphatic rings. The minimum atomic E-state index is -3.60. The highest BCUT2D eigenvalue weighted by atomic mass is 32.2. The van der Waals surface area contributed by atoms with Crippen LogP contribution in [0.2, 0.25) is 0 Å². The Morgan fingerprint density at radius 3 is 2.23 bits per heavy atom. The second-order valence-corrected chi connectivity index (χ2v) is 9.41. The standard InChI is InChI=1S/C22H25FN2O5S/c1-3-30-21(27)22(12-13-22)16-6-10-18(11-7-16)24-20(26)14-19(25-31(2,28)29)15-4-8-17(23)9-5-15/h4-11,19,25H,3,12-14H2,1-2H3,(H,24,26). The van der Waals surface area contributed by atoms with Gasteiger partial charge >= 0.3 is 5.97 Å². The number of hydrogen-bond donors (Lipinski definition) is 2. The van der Waals surface area contributed by atoms with Gasteiger partial charge in [-0.15, -0.1) is 0 Å². The molecule has 0 radical (unpaired) electrons. The smallest absolute Gasteiger partial charge is 0.316 e. The number of esters is 1. The van der Waals surface area contributed by atoms with Gasteiger partial charge in [0.15, 0.2) is 0 Å². The van der Waals surface area contributed by atoms with Gasteiger partial charge in [0.2, 0.25) is 15.9 Å². The van der Waals surface area contributed by atoms with Gasteiger partial charge in [-0.25, -0.2) is 17.5 Å². The van der Waals surface area contributed by atoms with Crippen molar-refractivity contribution in [2.75, 3.05) is 18.2 Å². The molecule has 0 aromatic heterocycles. The van der Waals surface area contributed by atoms with Gasteiger partial charge in [0.25, 0.3) is 0 Å². The number of sulfonamides is 1. The van der Waals surface area contributed by atoms with E-state index in [1.54, 1.807) is 31.2 Å². The number of hydrogen-bond acceptors (Lipinski definition) is 5. The van der Waals surface area contributed by atoms with Crippen molar-refractivity contribution in [3.05, 3.63) is 65.5 Å². The first kappa shape index (κ1) is 22.9. The molecule has 1 aliphatic carbocycles. The van der Waals surface area contributed by atoms with Crippen LogP contribution in [0.5, 0.6) is 0 Å². The van der Waals surface area contributed by atoms with Gasteiger partial charge in [0.1, 0.15) is 5.82 Å². The molecule has 0 bridgehead atoms. The van der Waals surface area contributed by atoms with Crippen LogP contribution in [0, 0.1) is 5.82 Å². The van der Waals surface area contributed by atoms with Crippen LogP contribution in [-0.2, 0) is 29.8 Å². The number of anilines is 1. The van der Waals surface area contributed by atoms with Gasteiger partial charge in [-0.1, -0.05) is 24.3 Å².